The summed E-state index contributed by atoms with van der Waals surface area (Å²) in [5, 5.41) is 0. The lowest BCUT2D eigenvalue weighted by molar-refractivity contribution is -0.188. The van der Waals surface area contributed by atoms with Crippen LogP contribution in [0.15, 0.2) is 48.9 Å². The number of hydrogen-bond acceptors (Lipinski definition) is 5. The molecule has 2 aromatic heterocycles. The van der Waals surface area contributed by atoms with Gasteiger partial charge in [-0.05, 0) is 30.7 Å². The summed E-state index contributed by atoms with van der Waals surface area (Å²) in [5.41, 5.74) is 1.30. The summed E-state index contributed by atoms with van der Waals surface area (Å²) in [6, 6.07) is 9.40. The van der Waals surface area contributed by atoms with Crippen molar-refractivity contribution in [3.63, 3.8) is 0 Å². The first-order valence-corrected chi connectivity index (χ1v) is 8.59. The highest BCUT2D eigenvalue weighted by atomic mass is 16.5. The lowest BCUT2D eigenvalue weighted by atomic mass is 9.84. The molecule has 2 aliphatic heterocycles. The van der Waals surface area contributed by atoms with E-state index < -0.39 is 0 Å². The highest BCUT2D eigenvalue weighted by Gasteiger charge is 2.49. The maximum Gasteiger partial charge on any atom is 0.255 e. The monoisotopic (exact) mass is 339 g/mol. The molecule has 0 aliphatic carbocycles. The fraction of sp³-hybridized carbons (Fsp3) is 0.421. The standard InChI is InChI=1S/C19H21N3O3/c23-18(15-4-3-7-20-11-15)22-13-19(14-22)10-17(6-9-25-19)24-12-16-5-1-2-8-21-16/h1-5,7-8,11,17H,6,9-10,12-14H2. The number of hydrogen-bond donors (Lipinski definition) is 0. The lowest BCUT2D eigenvalue weighted by Crippen LogP contribution is -2.67. The lowest BCUT2D eigenvalue weighted by Gasteiger charge is -2.53. The molecule has 6 heteroatoms. The molecule has 1 amide bonds. The maximum absolute atomic E-state index is 12.4. The Bertz CT molecular complexity index is 717. The number of aromatic nitrogens is 2. The number of nitrogens with zero attached hydrogens (tertiary/aromatic N) is 3. The van der Waals surface area contributed by atoms with Crippen molar-refractivity contribution in [1.82, 2.24) is 14.9 Å². The molecule has 0 N–H and O–H groups in total. The normalized spacial score (nSPS) is 21.8. The average Bonchev–Trinajstić information content (AvgIpc) is 2.65. The predicted octanol–water partition coefficient (Wildman–Crippen LogP) is 2.07. The van der Waals surface area contributed by atoms with Gasteiger partial charge >= 0.3 is 0 Å². The van der Waals surface area contributed by atoms with Crippen molar-refractivity contribution in [2.24, 2.45) is 0 Å². The molecule has 0 saturated carbocycles. The first-order chi connectivity index (χ1) is 12.2. The van der Waals surface area contributed by atoms with Gasteiger partial charge in [0.1, 0.15) is 5.60 Å². The Labute approximate surface area is 146 Å². The van der Waals surface area contributed by atoms with E-state index in [0.29, 0.717) is 31.9 Å². The van der Waals surface area contributed by atoms with Gasteiger partial charge in [0.15, 0.2) is 0 Å². The van der Waals surface area contributed by atoms with E-state index in [2.05, 4.69) is 9.97 Å². The van der Waals surface area contributed by atoms with Gasteiger partial charge in [0.25, 0.3) is 5.91 Å². The van der Waals surface area contributed by atoms with Gasteiger partial charge in [0, 0.05) is 31.6 Å². The number of carbonyl (C=O) groups excluding carboxylic acids is 1. The fourth-order valence-electron chi connectivity index (χ4n) is 3.50. The van der Waals surface area contributed by atoms with Gasteiger partial charge in [-0.25, -0.2) is 0 Å². The number of ether oxygens (including phenoxy) is 2. The van der Waals surface area contributed by atoms with E-state index >= 15 is 0 Å². The van der Waals surface area contributed by atoms with E-state index in [-0.39, 0.29) is 17.6 Å². The second-order valence-corrected chi connectivity index (χ2v) is 6.68. The highest BCUT2D eigenvalue weighted by molar-refractivity contribution is 5.94. The SMILES string of the molecule is O=C(c1cccnc1)N1CC2(CC(OCc3ccccn3)CCO2)C1. The van der Waals surface area contributed by atoms with E-state index in [4.69, 9.17) is 9.47 Å². The molecular weight excluding hydrogens is 318 g/mol. The number of pyridine rings is 2. The van der Waals surface area contributed by atoms with Crippen LogP contribution in [0.5, 0.6) is 0 Å². The van der Waals surface area contributed by atoms with E-state index in [1.165, 1.54) is 0 Å². The van der Waals surface area contributed by atoms with Crippen molar-refractivity contribution in [2.45, 2.75) is 31.2 Å². The number of amides is 1. The van der Waals surface area contributed by atoms with Crippen LogP contribution in [0.3, 0.4) is 0 Å². The molecule has 4 rings (SSSR count). The van der Waals surface area contributed by atoms with Gasteiger partial charge in [-0.3, -0.25) is 14.8 Å². The minimum absolute atomic E-state index is 0.0128. The Hall–Kier alpha value is -2.31. The maximum atomic E-state index is 12.4. The van der Waals surface area contributed by atoms with Crippen LogP contribution in [0.25, 0.3) is 0 Å². The van der Waals surface area contributed by atoms with Crippen LogP contribution in [0.1, 0.15) is 28.9 Å². The summed E-state index contributed by atoms with van der Waals surface area (Å²) in [7, 11) is 0. The van der Waals surface area contributed by atoms with Crippen LogP contribution < -0.4 is 0 Å². The third-order valence-corrected chi connectivity index (χ3v) is 4.79. The Balaban J connectivity index is 1.31. The zero-order valence-electron chi connectivity index (χ0n) is 14.0. The van der Waals surface area contributed by atoms with E-state index in [1.807, 2.05) is 23.1 Å². The molecule has 4 heterocycles. The third-order valence-electron chi connectivity index (χ3n) is 4.79. The topological polar surface area (TPSA) is 64.6 Å². The van der Waals surface area contributed by atoms with Crippen LogP contribution in [0, 0.1) is 0 Å². The molecule has 25 heavy (non-hydrogen) atoms. The summed E-state index contributed by atoms with van der Waals surface area (Å²) in [6.45, 7) is 2.41. The number of likely N-dealkylation sites (tertiary alicyclic amines) is 1. The molecule has 0 aromatic carbocycles. The van der Waals surface area contributed by atoms with Crippen molar-refractivity contribution < 1.29 is 14.3 Å². The Morgan fingerprint density at radius 3 is 2.96 bits per heavy atom. The van der Waals surface area contributed by atoms with Gasteiger partial charge in [-0.1, -0.05) is 6.07 Å². The van der Waals surface area contributed by atoms with Crippen LogP contribution in [-0.2, 0) is 16.1 Å². The molecule has 2 saturated heterocycles. The Morgan fingerprint density at radius 1 is 1.28 bits per heavy atom. The third kappa shape index (κ3) is 3.55. The largest absolute Gasteiger partial charge is 0.372 e. The first kappa shape index (κ1) is 16.2. The number of rotatable bonds is 4. The minimum Gasteiger partial charge on any atom is -0.372 e. The van der Waals surface area contributed by atoms with Crippen LogP contribution in [0.4, 0.5) is 0 Å². The molecule has 2 fully saturated rings. The molecule has 2 aromatic rings. The predicted molar refractivity (Wildman–Crippen MR) is 90.9 cm³/mol. The zero-order chi connectivity index (χ0) is 17.1. The van der Waals surface area contributed by atoms with Gasteiger partial charge < -0.3 is 14.4 Å². The summed E-state index contributed by atoms with van der Waals surface area (Å²) in [4.78, 5) is 22.6. The smallest absolute Gasteiger partial charge is 0.255 e. The molecule has 0 bridgehead atoms. The zero-order valence-corrected chi connectivity index (χ0v) is 14.0. The van der Waals surface area contributed by atoms with Crippen molar-refractivity contribution in [3.8, 4) is 0 Å². The van der Waals surface area contributed by atoms with E-state index in [0.717, 1.165) is 18.5 Å². The number of carbonyl (C=O) groups is 1. The van der Waals surface area contributed by atoms with Gasteiger partial charge in [0.2, 0.25) is 0 Å². The van der Waals surface area contributed by atoms with Crippen LogP contribution in [-0.4, -0.2) is 52.2 Å². The molecule has 6 nitrogen and oxygen atoms in total. The first-order valence-electron chi connectivity index (χ1n) is 8.59. The van der Waals surface area contributed by atoms with Gasteiger partial charge in [-0.2, -0.15) is 0 Å². The quantitative estimate of drug-likeness (QED) is 0.853. The summed E-state index contributed by atoms with van der Waals surface area (Å²) >= 11 is 0. The average molecular weight is 339 g/mol. The van der Waals surface area contributed by atoms with Crippen molar-refractivity contribution >= 4 is 5.91 Å². The van der Waals surface area contributed by atoms with E-state index in [9.17, 15) is 4.79 Å². The van der Waals surface area contributed by atoms with Crippen molar-refractivity contribution in [2.75, 3.05) is 19.7 Å². The van der Waals surface area contributed by atoms with Gasteiger partial charge in [0.05, 0.1) is 37.1 Å². The van der Waals surface area contributed by atoms with E-state index in [1.54, 1.807) is 30.7 Å². The van der Waals surface area contributed by atoms with Crippen molar-refractivity contribution in [1.29, 1.82) is 0 Å². The minimum atomic E-state index is -0.259. The second-order valence-electron chi connectivity index (χ2n) is 6.68. The molecule has 0 radical (unpaired) electrons. The molecule has 1 atom stereocenters. The van der Waals surface area contributed by atoms with Crippen LogP contribution >= 0.6 is 0 Å². The fourth-order valence-corrected chi connectivity index (χ4v) is 3.50. The highest BCUT2D eigenvalue weighted by Crippen LogP contribution is 2.36. The Kier molecular flexibility index (Phi) is 4.46. The molecule has 1 spiro atoms. The molecule has 1 unspecified atom stereocenters. The molecular formula is C19H21N3O3. The van der Waals surface area contributed by atoms with Crippen LogP contribution in [0.2, 0.25) is 0 Å². The molecule has 130 valence electrons. The van der Waals surface area contributed by atoms with Gasteiger partial charge in [-0.15, -0.1) is 0 Å². The second kappa shape index (κ2) is 6.90. The summed E-state index contributed by atoms with van der Waals surface area (Å²) in [5.74, 6) is 0.0128. The Morgan fingerprint density at radius 2 is 2.20 bits per heavy atom. The molecule has 2 aliphatic rings. The summed E-state index contributed by atoms with van der Waals surface area (Å²) < 4.78 is 12.0. The van der Waals surface area contributed by atoms with Crippen molar-refractivity contribution in [3.05, 3.63) is 60.2 Å². The summed E-state index contributed by atoms with van der Waals surface area (Å²) in [6.07, 6.45) is 6.89.